The van der Waals surface area contributed by atoms with Gasteiger partial charge in [-0.3, -0.25) is 4.79 Å². The minimum absolute atomic E-state index is 0.0305. The first kappa shape index (κ1) is 17.3. The van der Waals surface area contributed by atoms with Crippen LogP contribution in [0.2, 0.25) is 0 Å². The molecule has 0 N–H and O–H groups in total. The van der Waals surface area contributed by atoms with Crippen molar-refractivity contribution in [3.05, 3.63) is 53.2 Å². The molecule has 1 amide bonds. The fraction of sp³-hybridized carbons (Fsp3) is 0.421. The number of benzene rings is 1. The molecule has 0 saturated carbocycles. The van der Waals surface area contributed by atoms with Crippen LogP contribution in [0.5, 0.6) is 0 Å². The van der Waals surface area contributed by atoms with Crippen molar-refractivity contribution in [3.8, 4) is 0 Å². The highest BCUT2D eigenvalue weighted by Gasteiger charge is 2.23. The number of nitrogens with zero attached hydrogens (tertiary/aromatic N) is 4. The SMILES string of the molecule is CCc1ncnc(N2CCCN(C(=O)c3cccc(C)c3)CC2)c1F. The van der Waals surface area contributed by atoms with Gasteiger partial charge in [-0.25, -0.2) is 14.4 Å². The predicted molar refractivity (Wildman–Crippen MR) is 95.3 cm³/mol. The molecule has 0 spiro atoms. The molecule has 0 unspecified atom stereocenters. The number of hydrogen-bond acceptors (Lipinski definition) is 4. The molecule has 1 aromatic heterocycles. The van der Waals surface area contributed by atoms with Crippen molar-refractivity contribution in [2.45, 2.75) is 26.7 Å². The van der Waals surface area contributed by atoms with Gasteiger partial charge in [-0.05, 0) is 31.9 Å². The molecule has 1 fully saturated rings. The van der Waals surface area contributed by atoms with E-state index in [2.05, 4.69) is 9.97 Å². The van der Waals surface area contributed by atoms with E-state index < -0.39 is 0 Å². The first-order chi connectivity index (χ1) is 12.1. The minimum atomic E-state index is -0.344. The predicted octanol–water partition coefficient (Wildman–Crippen LogP) is 2.84. The second kappa shape index (κ2) is 7.59. The third-order valence-electron chi connectivity index (χ3n) is 4.53. The van der Waals surface area contributed by atoms with Gasteiger partial charge < -0.3 is 9.80 Å². The zero-order valence-corrected chi connectivity index (χ0v) is 14.7. The van der Waals surface area contributed by atoms with Crippen LogP contribution >= 0.6 is 0 Å². The Morgan fingerprint density at radius 1 is 1.20 bits per heavy atom. The maximum Gasteiger partial charge on any atom is 0.253 e. The lowest BCUT2D eigenvalue weighted by Gasteiger charge is -2.23. The van der Waals surface area contributed by atoms with Crippen LogP contribution in [0.15, 0.2) is 30.6 Å². The number of halogens is 1. The maximum absolute atomic E-state index is 14.5. The van der Waals surface area contributed by atoms with Crippen LogP contribution in [0.3, 0.4) is 0 Å². The van der Waals surface area contributed by atoms with Gasteiger partial charge in [0.2, 0.25) is 0 Å². The Kier molecular flexibility index (Phi) is 5.26. The summed E-state index contributed by atoms with van der Waals surface area (Å²) in [6.07, 6.45) is 2.73. The standard InChI is InChI=1S/C19H23FN4O/c1-3-16-17(20)18(22-13-21-16)23-8-5-9-24(11-10-23)19(25)15-7-4-6-14(2)12-15/h4,6-7,12-13H,3,5,8-11H2,1-2H3. The highest BCUT2D eigenvalue weighted by atomic mass is 19.1. The topological polar surface area (TPSA) is 49.3 Å². The normalized spacial score (nSPS) is 15.2. The molecule has 2 aromatic rings. The summed E-state index contributed by atoms with van der Waals surface area (Å²) in [7, 11) is 0. The van der Waals surface area contributed by atoms with Crippen LogP contribution in [0, 0.1) is 12.7 Å². The molecule has 0 bridgehead atoms. The third-order valence-corrected chi connectivity index (χ3v) is 4.53. The van der Waals surface area contributed by atoms with E-state index in [0.717, 1.165) is 12.0 Å². The minimum Gasteiger partial charge on any atom is -0.352 e. The molecule has 5 nitrogen and oxygen atoms in total. The molecule has 2 heterocycles. The molecule has 6 heteroatoms. The summed E-state index contributed by atoms with van der Waals surface area (Å²) < 4.78 is 14.5. The molecule has 1 aromatic carbocycles. The molecule has 1 aliphatic heterocycles. The van der Waals surface area contributed by atoms with Gasteiger partial charge in [-0.1, -0.05) is 24.6 Å². The molecule has 132 valence electrons. The van der Waals surface area contributed by atoms with Gasteiger partial charge in [0, 0.05) is 31.7 Å². The van der Waals surface area contributed by atoms with Crippen molar-refractivity contribution in [1.29, 1.82) is 0 Å². The zero-order valence-electron chi connectivity index (χ0n) is 14.7. The lowest BCUT2D eigenvalue weighted by atomic mass is 10.1. The zero-order chi connectivity index (χ0) is 17.8. The van der Waals surface area contributed by atoms with E-state index in [4.69, 9.17) is 0 Å². The largest absolute Gasteiger partial charge is 0.352 e. The Bertz CT molecular complexity index is 765. The Morgan fingerprint density at radius 3 is 2.80 bits per heavy atom. The second-order valence-electron chi connectivity index (χ2n) is 6.31. The molecule has 1 saturated heterocycles. The number of aryl methyl sites for hydroxylation is 2. The van der Waals surface area contributed by atoms with E-state index >= 15 is 0 Å². The Hall–Kier alpha value is -2.50. The molecule has 0 radical (unpaired) electrons. The van der Waals surface area contributed by atoms with Crippen molar-refractivity contribution in [1.82, 2.24) is 14.9 Å². The number of carbonyl (C=O) groups excluding carboxylic acids is 1. The Morgan fingerprint density at radius 2 is 2.04 bits per heavy atom. The van der Waals surface area contributed by atoms with Gasteiger partial charge >= 0.3 is 0 Å². The average molecular weight is 342 g/mol. The Balaban J connectivity index is 1.73. The number of aromatic nitrogens is 2. The molecule has 0 atom stereocenters. The van der Waals surface area contributed by atoms with Gasteiger partial charge in [-0.2, -0.15) is 0 Å². The van der Waals surface area contributed by atoms with E-state index in [1.54, 1.807) is 0 Å². The van der Waals surface area contributed by atoms with Crippen LogP contribution in [-0.4, -0.2) is 47.0 Å². The van der Waals surface area contributed by atoms with Gasteiger partial charge in [0.05, 0.1) is 5.69 Å². The van der Waals surface area contributed by atoms with Crippen LogP contribution in [0.25, 0.3) is 0 Å². The van der Waals surface area contributed by atoms with Crippen molar-refractivity contribution >= 4 is 11.7 Å². The monoisotopic (exact) mass is 342 g/mol. The third kappa shape index (κ3) is 3.78. The molecule has 25 heavy (non-hydrogen) atoms. The molecular formula is C19H23FN4O. The summed E-state index contributed by atoms with van der Waals surface area (Å²) in [5, 5.41) is 0. The van der Waals surface area contributed by atoms with E-state index in [1.807, 2.05) is 47.9 Å². The first-order valence-corrected chi connectivity index (χ1v) is 8.70. The Labute approximate surface area is 147 Å². The lowest BCUT2D eigenvalue weighted by molar-refractivity contribution is 0.0767. The first-order valence-electron chi connectivity index (χ1n) is 8.70. The number of carbonyl (C=O) groups is 1. The van der Waals surface area contributed by atoms with Gasteiger partial charge in [0.1, 0.15) is 6.33 Å². The summed E-state index contributed by atoms with van der Waals surface area (Å²) in [5.74, 6) is 0.0307. The second-order valence-corrected chi connectivity index (χ2v) is 6.31. The average Bonchev–Trinajstić information content (AvgIpc) is 2.87. The quantitative estimate of drug-likeness (QED) is 0.861. The van der Waals surface area contributed by atoms with Gasteiger partial charge in [-0.15, -0.1) is 0 Å². The van der Waals surface area contributed by atoms with Crippen molar-refractivity contribution in [2.24, 2.45) is 0 Å². The number of rotatable bonds is 3. The van der Waals surface area contributed by atoms with E-state index in [-0.39, 0.29) is 11.7 Å². The van der Waals surface area contributed by atoms with Crippen molar-refractivity contribution in [3.63, 3.8) is 0 Å². The summed E-state index contributed by atoms with van der Waals surface area (Å²) in [5.41, 5.74) is 2.20. The maximum atomic E-state index is 14.5. The molecule has 3 rings (SSSR count). The fourth-order valence-corrected chi connectivity index (χ4v) is 3.16. The summed E-state index contributed by atoms with van der Waals surface area (Å²) in [4.78, 5) is 24.6. The van der Waals surface area contributed by atoms with E-state index in [1.165, 1.54) is 6.33 Å². The molecule has 0 aliphatic carbocycles. The smallest absolute Gasteiger partial charge is 0.253 e. The van der Waals surface area contributed by atoms with Crippen LogP contribution < -0.4 is 4.90 Å². The molecule has 1 aliphatic rings. The lowest BCUT2D eigenvalue weighted by Crippen LogP contribution is -2.35. The highest BCUT2D eigenvalue weighted by molar-refractivity contribution is 5.94. The van der Waals surface area contributed by atoms with E-state index in [0.29, 0.717) is 49.7 Å². The van der Waals surface area contributed by atoms with Crippen molar-refractivity contribution in [2.75, 3.05) is 31.1 Å². The molecular weight excluding hydrogens is 319 g/mol. The van der Waals surface area contributed by atoms with Gasteiger partial charge in [0.25, 0.3) is 5.91 Å². The van der Waals surface area contributed by atoms with Crippen molar-refractivity contribution < 1.29 is 9.18 Å². The van der Waals surface area contributed by atoms with Crippen LogP contribution in [0.4, 0.5) is 10.2 Å². The summed E-state index contributed by atoms with van der Waals surface area (Å²) >= 11 is 0. The van der Waals surface area contributed by atoms with Crippen LogP contribution in [-0.2, 0) is 6.42 Å². The number of amides is 1. The number of anilines is 1. The van der Waals surface area contributed by atoms with Gasteiger partial charge in [0.15, 0.2) is 11.6 Å². The summed E-state index contributed by atoms with van der Waals surface area (Å²) in [6.45, 7) is 6.31. The summed E-state index contributed by atoms with van der Waals surface area (Å²) in [6, 6.07) is 7.62. The highest BCUT2D eigenvalue weighted by Crippen LogP contribution is 2.20. The van der Waals surface area contributed by atoms with E-state index in [9.17, 15) is 9.18 Å². The fourth-order valence-electron chi connectivity index (χ4n) is 3.16. The number of hydrogen-bond donors (Lipinski definition) is 0. The van der Waals surface area contributed by atoms with Crippen LogP contribution in [0.1, 0.15) is 35.0 Å².